The Morgan fingerprint density at radius 1 is 1.33 bits per heavy atom. The van der Waals surface area contributed by atoms with Crippen LogP contribution in [0, 0.1) is 0 Å². The Labute approximate surface area is 68.9 Å². The number of hydrogen-bond donors (Lipinski definition) is 1. The Balaban J connectivity index is 0. The second-order valence-corrected chi connectivity index (χ2v) is 1.67. The zero-order valence-electron chi connectivity index (χ0n) is 5.31. The van der Waals surface area contributed by atoms with Gasteiger partial charge < -0.3 is 10.5 Å². The first-order valence-corrected chi connectivity index (χ1v) is 2.40. The molecule has 9 heavy (non-hydrogen) atoms. The van der Waals surface area contributed by atoms with Crippen LogP contribution in [0.1, 0.15) is 19.8 Å². The van der Waals surface area contributed by atoms with Crippen molar-refractivity contribution >= 4 is 11.7 Å². The first-order valence-electron chi connectivity index (χ1n) is 2.40. The number of ketones is 1. The van der Waals surface area contributed by atoms with Crippen LogP contribution in [0.15, 0.2) is 0 Å². The molecule has 0 aliphatic carbocycles. The molecule has 0 fully saturated rings. The number of carbonyl (C=O) groups excluding carboxylic acids is 2. The monoisotopic (exact) mass is 163 g/mol. The van der Waals surface area contributed by atoms with Gasteiger partial charge in [0.25, 0.3) is 0 Å². The van der Waals surface area contributed by atoms with Crippen molar-refractivity contribution in [3.63, 3.8) is 0 Å². The van der Waals surface area contributed by atoms with Crippen LogP contribution in [-0.2, 0) is 31.3 Å². The minimum Gasteiger partial charge on any atom is -0.370 e. The van der Waals surface area contributed by atoms with Gasteiger partial charge in [0.15, 0.2) is 0 Å². The van der Waals surface area contributed by atoms with Crippen LogP contribution in [0.25, 0.3) is 0 Å². The average Bonchev–Trinajstić information content (AvgIpc) is 1.61. The molecule has 0 atom stereocenters. The minimum atomic E-state index is -0.416. The molecule has 4 heteroatoms. The molecule has 0 bridgehead atoms. The molecular weight excluding hydrogens is 154 g/mol. The van der Waals surface area contributed by atoms with Gasteiger partial charge in [-0.15, -0.1) is 0 Å². The van der Waals surface area contributed by atoms with Crippen LogP contribution < -0.4 is 5.73 Å². The van der Waals surface area contributed by atoms with Gasteiger partial charge in [0.2, 0.25) is 5.91 Å². The van der Waals surface area contributed by atoms with Gasteiger partial charge in [-0.2, -0.15) is 0 Å². The number of Topliss-reactive ketones (excluding diaryl/α,β-unsaturated/α-hetero) is 1. The quantitative estimate of drug-likeness (QED) is 0.587. The Morgan fingerprint density at radius 2 is 1.78 bits per heavy atom. The summed E-state index contributed by atoms with van der Waals surface area (Å²) >= 11 is 0. The maximum Gasteiger partial charge on any atom is 0.217 e. The van der Waals surface area contributed by atoms with Gasteiger partial charge in [0.1, 0.15) is 5.78 Å². The Bertz CT molecular complexity index is 99.5. The van der Waals surface area contributed by atoms with E-state index in [2.05, 4.69) is 0 Å². The van der Waals surface area contributed by atoms with Crippen molar-refractivity contribution in [2.75, 3.05) is 0 Å². The van der Waals surface area contributed by atoms with Crippen molar-refractivity contribution in [2.24, 2.45) is 5.73 Å². The molecule has 50 valence electrons. The van der Waals surface area contributed by atoms with E-state index in [0.29, 0.717) is 0 Å². The van der Waals surface area contributed by atoms with Crippen LogP contribution in [0.3, 0.4) is 0 Å². The van der Waals surface area contributed by atoms with Crippen molar-refractivity contribution in [3.05, 3.63) is 0 Å². The van der Waals surface area contributed by atoms with Crippen LogP contribution in [-0.4, -0.2) is 11.7 Å². The fourth-order valence-electron chi connectivity index (χ4n) is 0.299. The van der Waals surface area contributed by atoms with E-state index < -0.39 is 5.91 Å². The molecule has 0 aromatic carbocycles. The molecule has 0 saturated heterocycles. The van der Waals surface area contributed by atoms with E-state index >= 15 is 0 Å². The molecule has 0 spiro atoms. The maximum atomic E-state index is 10.1. The molecule has 2 N–H and O–H groups in total. The molecule has 0 radical (unpaired) electrons. The summed E-state index contributed by atoms with van der Waals surface area (Å²) in [7, 11) is 0. The summed E-state index contributed by atoms with van der Waals surface area (Å²) < 4.78 is 0. The van der Waals surface area contributed by atoms with Crippen LogP contribution in [0.2, 0.25) is 0 Å². The van der Waals surface area contributed by atoms with Gasteiger partial charge in [-0.25, -0.2) is 0 Å². The minimum absolute atomic E-state index is 0. The van der Waals surface area contributed by atoms with Gasteiger partial charge in [-0.3, -0.25) is 4.79 Å². The Hall–Kier alpha value is -0.146. The zero-order chi connectivity index (χ0) is 6.57. The topological polar surface area (TPSA) is 60.2 Å². The second kappa shape index (κ2) is 5.98. The molecule has 0 rings (SSSR count). The van der Waals surface area contributed by atoms with Gasteiger partial charge >= 0.3 is 0 Å². The smallest absolute Gasteiger partial charge is 0.217 e. The largest absolute Gasteiger partial charge is 0.370 e. The zero-order valence-corrected chi connectivity index (χ0v) is 6.87. The molecule has 3 nitrogen and oxygen atoms in total. The van der Waals surface area contributed by atoms with Crippen molar-refractivity contribution in [2.45, 2.75) is 19.8 Å². The summed E-state index contributed by atoms with van der Waals surface area (Å²) in [6, 6.07) is 0. The van der Waals surface area contributed by atoms with Crippen LogP contribution in [0.4, 0.5) is 0 Å². The molecule has 0 aromatic rings. The van der Waals surface area contributed by atoms with E-state index in [-0.39, 0.29) is 40.3 Å². The van der Waals surface area contributed by atoms with Gasteiger partial charge in [0, 0.05) is 34.6 Å². The average molecular weight is 163 g/mol. The van der Waals surface area contributed by atoms with E-state index in [4.69, 9.17) is 5.73 Å². The van der Waals surface area contributed by atoms with E-state index in [0.717, 1.165) is 0 Å². The standard InChI is InChI=1S/C5H9NO2.Ti/c1-4(7)2-3-5(6)8;/h2-3H2,1H3,(H2,6,8);. The van der Waals surface area contributed by atoms with E-state index in [1.807, 2.05) is 0 Å². The summed E-state index contributed by atoms with van der Waals surface area (Å²) in [6.45, 7) is 1.43. The Kier molecular flexibility index (Phi) is 7.73. The molecule has 0 saturated carbocycles. The Morgan fingerprint density at radius 3 is 1.89 bits per heavy atom. The van der Waals surface area contributed by atoms with Crippen molar-refractivity contribution < 1.29 is 31.3 Å². The molecular formula is C5H9NO2Ti. The third kappa shape index (κ3) is 11.4. The van der Waals surface area contributed by atoms with Gasteiger partial charge in [0.05, 0.1) is 0 Å². The fraction of sp³-hybridized carbons (Fsp3) is 0.600. The number of hydrogen-bond acceptors (Lipinski definition) is 2. The van der Waals surface area contributed by atoms with E-state index in [1.165, 1.54) is 6.92 Å². The van der Waals surface area contributed by atoms with E-state index in [1.54, 1.807) is 0 Å². The number of primary amides is 1. The number of carbonyl (C=O) groups is 2. The normalized spacial score (nSPS) is 7.67. The molecule has 0 aromatic heterocycles. The molecule has 0 heterocycles. The summed E-state index contributed by atoms with van der Waals surface area (Å²) in [4.78, 5) is 20.1. The molecule has 1 amide bonds. The number of rotatable bonds is 3. The molecule has 0 aliphatic rings. The van der Waals surface area contributed by atoms with Gasteiger partial charge in [-0.05, 0) is 6.92 Å². The summed E-state index contributed by atoms with van der Waals surface area (Å²) in [5, 5.41) is 0. The van der Waals surface area contributed by atoms with Crippen LogP contribution in [0.5, 0.6) is 0 Å². The molecule has 0 aliphatic heterocycles. The number of nitrogens with two attached hydrogens (primary N) is 1. The van der Waals surface area contributed by atoms with Gasteiger partial charge in [-0.1, -0.05) is 0 Å². The third-order valence-electron chi connectivity index (χ3n) is 0.723. The van der Waals surface area contributed by atoms with Crippen molar-refractivity contribution in [1.82, 2.24) is 0 Å². The van der Waals surface area contributed by atoms with Crippen molar-refractivity contribution in [1.29, 1.82) is 0 Å². The summed E-state index contributed by atoms with van der Waals surface area (Å²) in [6.07, 6.45) is 0.449. The third-order valence-corrected chi connectivity index (χ3v) is 0.723. The predicted molar refractivity (Wildman–Crippen MR) is 29.1 cm³/mol. The maximum absolute atomic E-state index is 10.1. The van der Waals surface area contributed by atoms with E-state index in [9.17, 15) is 9.59 Å². The SMILES string of the molecule is CC(=O)CCC(N)=O.[Ti]. The summed E-state index contributed by atoms with van der Waals surface area (Å²) in [5.41, 5.74) is 4.75. The molecule has 0 unspecified atom stereocenters. The predicted octanol–water partition coefficient (Wildman–Crippen LogP) is -0.162. The first-order chi connectivity index (χ1) is 3.63. The van der Waals surface area contributed by atoms with Crippen molar-refractivity contribution in [3.8, 4) is 0 Å². The number of amides is 1. The first kappa shape index (κ1) is 11.6. The summed E-state index contributed by atoms with van der Waals surface area (Å²) in [5.74, 6) is -0.413. The fourth-order valence-corrected chi connectivity index (χ4v) is 0.299. The van der Waals surface area contributed by atoms with Crippen LogP contribution >= 0.6 is 0 Å². The second-order valence-electron chi connectivity index (χ2n) is 1.67.